The first-order valence-electron chi connectivity index (χ1n) is 3.40. The van der Waals surface area contributed by atoms with Gasteiger partial charge in [0.15, 0.2) is 17.2 Å². The fraction of sp³-hybridized carbons (Fsp3) is 0.250. The number of phenolic OH excluding ortho intramolecular Hbond substituents is 1. The molecular formula is C8H8F2O3. The summed E-state index contributed by atoms with van der Waals surface area (Å²) in [7, 11) is 2.41. The summed E-state index contributed by atoms with van der Waals surface area (Å²) in [6.45, 7) is 0. The van der Waals surface area contributed by atoms with Crippen LogP contribution in [0.1, 0.15) is 0 Å². The van der Waals surface area contributed by atoms with Gasteiger partial charge in [0.05, 0.1) is 14.2 Å². The van der Waals surface area contributed by atoms with Crippen LogP contribution >= 0.6 is 0 Å². The molecule has 0 unspecified atom stereocenters. The molecule has 1 rings (SSSR count). The van der Waals surface area contributed by atoms with E-state index in [4.69, 9.17) is 5.11 Å². The van der Waals surface area contributed by atoms with Crippen molar-refractivity contribution in [2.45, 2.75) is 0 Å². The van der Waals surface area contributed by atoms with Crippen LogP contribution in [0.15, 0.2) is 6.07 Å². The van der Waals surface area contributed by atoms with Gasteiger partial charge in [-0.15, -0.1) is 0 Å². The Morgan fingerprint density at radius 2 is 1.46 bits per heavy atom. The average Bonchev–Trinajstić information content (AvgIpc) is 2.15. The van der Waals surface area contributed by atoms with Gasteiger partial charge in [-0.1, -0.05) is 0 Å². The molecule has 0 saturated carbocycles. The summed E-state index contributed by atoms with van der Waals surface area (Å²) in [4.78, 5) is 0. The highest BCUT2D eigenvalue weighted by atomic mass is 19.1. The topological polar surface area (TPSA) is 38.7 Å². The van der Waals surface area contributed by atoms with Crippen molar-refractivity contribution in [2.75, 3.05) is 14.2 Å². The lowest BCUT2D eigenvalue weighted by atomic mass is 10.2. The van der Waals surface area contributed by atoms with Crippen LogP contribution in [-0.2, 0) is 0 Å². The van der Waals surface area contributed by atoms with Crippen LogP contribution in [0.4, 0.5) is 8.78 Å². The number of ether oxygens (including phenoxy) is 2. The average molecular weight is 190 g/mol. The zero-order valence-corrected chi connectivity index (χ0v) is 7.10. The van der Waals surface area contributed by atoms with Crippen molar-refractivity contribution >= 4 is 0 Å². The molecular weight excluding hydrogens is 182 g/mol. The molecule has 1 N–H and O–H groups in total. The fourth-order valence-electron chi connectivity index (χ4n) is 0.873. The zero-order chi connectivity index (χ0) is 10.0. The minimum Gasteiger partial charge on any atom is -0.503 e. The van der Waals surface area contributed by atoms with Crippen molar-refractivity contribution in [1.82, 2.24) is 0 Å². The number of halogens is 2. The van der Waals surface area contributed by atoms with Crippen molar-refractivity contribution in [3.05, 3.63) is 17.7 Å². The van der Waals surface area contributed by atoms with Crippen LogP contribution in [0.25, 0.3) is 0 Å². The number of methoxy groups -OCH3 is 2. The molecule has 0 aliphatic heterocycles. The predicted octanol–water partition coefficient (Wildman–Crippen LogP) is 1.69. The summed E-state index contributed by atoms with van der Waals surface area (Å²) >= 11 is 0. The van der Waals surface area contributed by atoms with Crippen molar-refractivity contribution in [3.8, 4) is 17.2 Å². The van der Waals surface area contributed by atoms with Crippen molar-refractivity contribution in [2.24, 2.45) is 0 Å². The minimum atomic E-state index is -1.14. The first-order chi connectivity index (χ1) is 6.11. The van der Waals surface area contributed by atoms with Crippen molar-refractivity contribution < 1.29 is 23.4 Å². The van der Waals surface area contributed by atoms with Gasteiger partial charge in [0.25, 0.3) is 0 Å². The first kappa shape index (κ1) is 9.57. The Kier molecular flexibility index (Phi) is 2.55. The van der Waals surface area contributed by atoms with Gasteiger partial charge in [-0.25, -0.2) is 0 Å². The summed E-state index contributed by atoms with van der Waals surface area (Å²) in [5.74, 6) is -3.91. The standard InChI is InChI=1S/C8H8F2O3/c1-12-4-3-5(13-2)7(10)8(11)6(4)9/h3,11H,1-2H3. The Balaban J connectivity index is 3.36. The first-order valence-corrected chi connectivity index (χ1v) is 3.40. The number of rotatable bonds is 2. The molecule has 0 atom stereocenters. The molecule has 0 amide bonds. The predicted molar refractivity (Wildman–Crippen MR) is 41.1 cm³/mol. The Hall–Kier alpha value is -1.52. The Morgan fingerprint density at radius 3 is 1.77 bits per heavy atom. The maximum atomic E-state index is 12.9. The second-order valence-corrected chi connectivity index (χ2v) is 2.26. The van der Waals surface area contributed by atoms with Crippen LogP contribution in [0.2, 0.25) is 0 Å². The van der Waals surface area contributed by atoms with E-state index in [9.17, 15) is 8.78 Å². The molecule has 5 heteroatoms. The quantitative estimate of drug-likeness (QED) is 0.771. The van der Waals surface area contributed by atoms with Gasteiger partial charge in [-0.05, 0) is 0 Å². The molecule has 0 radical (unpaired) electrons. The van der Waals surface area contributed by atoms with Crippen LogP contribution < -0.4 is 9.47 Å². The number of phenols is 1. The van der Waals surface area contributed by atoms with Gasteiger partial charge in [0, 0.05) is 6.07 Å². The zero-order valence-electron chi connectivity index (χ0n) is 7.10. The van der Waals surface area contributed by atoms with Crippen LogP contribution in [0.5, 0.6) is 17.2 Å². The maximum Gasteiger partial charge on any atom is 0.209 e. The third-order valence-corrected chi connectivity index (χ3v) is 1.55. The van der Waals surface area contributed by atoms with Gasteiger partial charge < -0.3 is 14.6 Å². The van der Waals surface area contributed by atoms with E-state index in [-0.39, 0.29) is 11.5 Å². The van der Waals surface area contributed by atoms with E-state index >= 15 is 0 Å². The smallest absolute Gasteiger partial charge is 0.209 e. The third kappa shape index (κ3) is 1.49. The second kappa shape index (κ2) is 3.47. The Morgan fingerprint density at radius 1 is 1.08 bits per heavy atom. The summed E-state index contributed by atoms with van der Waals surface area (Å²) in [6.07, 6.45) is 0. The Labute approximate surface area is 73.5 Å². The molecule has 72 valence electrons. The molecule has 0 bridgehead atoms. The van der Waals surface area contributed by atoms with E-state index in [1.54, 1.807) is 0 Å². The highest BCUT2D eigenvalue weighted by Crippen LogP contribution is 2.35. The van der Waals surface area contributed by atoms with E-state index in [1.165, 1.54) is 14.2 Å². The van der Waals surface area contributed by atoms with Crippen LogP contribution in [-0.4, -0.2) is 19.3 Å². The number of hydrogen-bond donors (Lipinski definition) is 1. The van der Waals surface area contributed by atoms with E-state index in [0.29, 0.717) is 0 Å². The van der Waals surface area contributed by atoms with E-state index < -0.39 is 17.4 Å². The monoisotopic (exact) mass is 190 g/mol. The van der Waals surface area contributed by atoms with Crippen molar-refractivity contribution in [1.29, 1.82) is 0 Å². The van der Waals surface area contributed by atoms with Crippen molar-refractivity contribution in [3.63, 3.8) is 0 Å². The van der Waals surface area contributed by atoms with E-state index in [1.807, 2.05) is 0 Å². The van der Waals surface area contributed by atoms with Gasteiger partial charge >= 0.3 is 0 Å². The molecule has 0 saturated heterocycles. The molecule has 13 heavy (non-hydrogen) atoms. The highest BCUT2D eigenvalue weighted by molar-refractivity contribution is 5.44. The van der Waals surface area contributed by atoms with Gasteiger partial charge in [-0.2, -0.15) is 8.78 Å². The van der Waals surface area contributed by atoms with E-state index in [0.717, 1.165) is 6.07 Å². The minimum absolute atomic E-state index is 0.268. The molecule has 0 aliphatic rings. The fourth-order valence-corrected chi connectivity index (χ4v) is 0.873. The second-order valence-electron chi connectivity index (χ2n) is 2.26. The number of benzene rings is 1. The third-order valence-electron chi connectivity index (χ3n) is 1.55. The molecule has 1 aromatic carbocycles. The molecule has 0 aliphatic carbocycles. The summed E-state index contributed by atoms with van der Waals surface area (Å²) in [5, 5.41) is 8.92. The number of aromatic hydroxyl groups is 1. The van der Waals surface area contributed by atoms with Crippen LogP contribution in [0.3, 0.4) is 0 Å². The molecule has 0 fully saturated rings. The lowest BCUT2D eigenvalue weighted by molar-refractivity contribution is 0.324. The van der Waals surface area contributed by atoms with Gasteiger partial charge in [0.1, 0.15) is 0 Å². The lowest BCUT2D eigenvalue weighted by Gasteiger charge is -2.07. The normalized spacial score (nSPS) is 9.85. The molecule has 3 nitrogen and oxygen atoms in total. The largest absolute Gasteiger partial charge is 0.503 e. The summed E-state index contributed by atoms with van der Waals surface area (Å²) in [5.41, 5.74) is 0. The molecule has 0 spiro atoms. The summed E-state index contributed by atoms with van der Waals surface area (Å²) in [6, 6.07) is 1.02. The molecule has 0 aromatic heterocycles. The van der Waals surface area contributed by atoms with Crippen LogP contribution in [0, 0.1) is 11.6 Å². The Bertz CT molecular complexity index is 297. The lowest BCUT2D eigenvalue weighted by Crippen LogP contribution is -1.95. The van der Waals surface area contributed by atoms with Gasteiger partial charge in [0.2, 0.25) is 11.6 Å². The van der Waals surface area contributed by atoms with Gasteiger partial charge in [-0.3, -0.25) is 0 Å². The molecule has 1 aromatic rings. The SMILES string of the molecule is COc1cc(OC)c(F)c(O)c1F. The number of hydrogen-bond acceptors (Lipinski definition) is 3. The maximum absolute atomic E-state index is 12.9. The highest BCUT2D eigenvalue weighted by Gasteiger charge is 2.18. The summed E-state index contributed by atoms with van der Waals surface area (Å²) < 4.78 is 34.9. The molecule has 0 heterocycles. The van der Waals surface area contributed by atoms with E-state index in [2.05, 4.69) is 9.47 Å².